The van der Waals surface area contributed by atoms with E-state index in [4.69, 9.17) is 5.73 Å². The molecule has 0 aromatic heterocycles. The Hall–Kier alpha value is -0.430. The lowest BCUT2D eigenvalue weighted by Gasteiger charge is -2.18. The smallest absolute Gasteiger partial charge is 0.241 e. The largest absolute Gasteiger partial charge is 0.326 e. The molecule has 6 heteroatoms. The summed E-state index contributed by atoms with van der Waals surface area (Å²) in [4.78, 5) is 0.275. The molecule has 21 heavy (non-hydrogen) atoms. The molecule has 0 spiro atoms. The molecule has 1 rings (SSSR count). The van der Waals surface area contributed by atoms with Crippen molar-refractivity contribution in [3.63, 3.8) is 0 Å². The number of nitrogens with two attached hydrogens (primary N) is 1. The van der Waals surface area contributed by atoms with Crippen LogP contribution in [0.5, 0.6) is 0 Å². The molecule has 0 bridgehead atoms. The Labute approximate surface area is 136 Å². The summed E-state index contributed by atoms with van der Waals surface area (Å²) in [6.07, 6.45) is 4.79. The predicted molar refractivity (Wildman–Crippen MR) is 90.6 cm³/mol. The Morgan fingerprint density at radius 2 is 1.95 bits per heavy atom. The number of benzene rings is 1. The first-order valence-corrected chi connectivity index (χ1v) is 9.73. The van der Waals surface area contributed by atoms with Gasteiger partial charge in [-0.1, -0.05) is 39.2 Å². The molecule has 0 aliphatic carbocycles. The average molecular weight is 377 g/mol. The zero-order valence-corrected chi connectivity index (χ0v) is 15.1. The number of hydrogen-bond acceptors (Lipinski definition) is 3. The molecule has 1 unspecified atom stereocenters. The third-order valence-electron chi connectivity index (χ3n) is 3.39. The highest BCUT2D eigenvalue weighted by molar-refractivity contribution is 9.10. The Morgan fingerprint density at radius 3 is 2.48 bits per heavy atom. The van der Waals surface area contributed by atoms with Gasteiger partial charge in [0.05, 0.1) is 4.90 Å². The van der Waals surface area contributed by atoms with Crippen molar-refractivity contribution in [3.05, 3.63) is 28.2 Å². The topological polar surface area (TPSA) is 72.2 Å². The first-order valence-electron chi connectivity index (χ1n) is 7.45. The molecular weight excluding hydrogens is 352 g/mol. The van der Waals surface area contributed by atoms with Crippen molar-refractivity contribution >= 4 is 26.0 Å². The van der Waals surface area contributed by atoms with Gasteiger partial charge in [-0.3, -0.25) is 0 Å². The summed E-state index contributed by atoms with van der Waals surface area (Å²) >= 11 is 3.33. The van der Waals surface area contributed by atoms with Crippen molar-refractivity contribution < 1.29 is 8.42 Å². The van der Waals surface area contributed by atoms with E-state index < -0.39 is 10.0 Å². The monoisotopic (exact) mass is 376 g/mol. The van der Waals surface area contributed by atoms with Gasteiger partial charge in [0.25, 0.3) is 0 Å². The molecule has 1 aromatic rings. The summed E-state index contributed by atoms with van der Waals surface area (Å²) < 4.78 is 28.5. The minimum atomic E-state index is -3.51. The van der Waals surface area contributed by atoms with Gasteiger partial charge in [-0.25, -0.2) is 13.1 Å². The Kier molecular flexibility index (Phi) is 7.87. The number of rotatable bonds is 9. The summed E-state index contributed by atoms with van der Waals surface area (Å²) in [5.74, 6) is 0. The first kappa shape index (κ1) is 18.6. The third kappa shape index (κ3) is 5.70. The maximum absolute atomic E-state index is 12.5. The molecule has 0 saturated carbocycles. The lowest BCUT2D eigenvalue weighted by Crippen LogP contribution is -2.35. The van der Waals surface area contributed by atoms with Gasteiger partial charge >= 0.3 is 0 Å². The predicted octanol–water partition coefficient (Wildman–Crippen LogP) is 3.55. The Bertz CT molecular complexity index is 547. The second-order valence-corrected chi connectivity index (χ2v) is 7.75. The van der Waals surface area contributed by atoms with E-state index in [9.17, 15) is 8.42 Å². The van der Waals surface area contributed by atoms with E-state index in [-0.39, 0.29) is 10.9 Å². The van der Waals surface area contributed by atoms with Crippen LogP contribution in [0, 0.1) is 0 Å². The van der Waals surface area contributed by atoms with Crippen LogP contribution < -0.4 is 10.5 Å². The number of halogens is 1. The van der Waals surface area contributed by atoms with E-state index >= 15 is 0 Å². The van der Waals surface area contributed by atoms with E-state index in [2.05, 4.69) is 34.5 Å². The summed E-state index contributed by atoms with van der Waals surface area (Å²) in [5, 5.41) is 0. The van der Waals surface area contributed by atoms with Gasteiger partial charge in [0.1, 0.15) is 0 Å². The molecule has 1 aromatic carbocycles. The Balaban J connectivity index is 2.93. The summed E-state index contributed by atoms with van der Waals surface area (Å²) in [7, 11) is -3.51. The third-order valence-corrected chi connectivity index (χ3v) is 5.88. The van der Waals surface area contributed by atoms with Crippen LogP contribution in [0.3, 0.4) is 0 Å². The summed E-state index contributed by atoms with van der Waals surface area (Å²) in [6.45, 7) is 4.57. The highest BCUT2D eigenvalue weighted by Gasteiger charge is 2.21. The molecule has 0 saturated heterocycles. The minimum Gasteiger partial charge on any atom is -0.326 e. The molecule has 4 nitrogen and oxygen atoms in total. The van der Waals surface area contributed by atoms with Gasteiger partial charge < -0.3 is 5.73 Å². The average Bonchev–Trinajstić information content (AvgIpc) is 2.44. The van der Waals surface area contributed by atoms with Crippen molar-refractivity contribution in [1.82, 2.24) is 4.72 Å². The highest BCUT2D eigenvalue weighted by atomic mass is 79.9. The lowest BCUT2D eigenvalue weighted by atomic mass is 10.1. The van der Waals surface area contributed by atoms with Crippen LogP contribution in [0.25, 0.3) is 0 Å². The molecule has 0 heterocycles. The fraction of sp³-hybridized carbons (Fsp3) is 0.600. The van der Waals surface area contributed by atoms with Crippen LogP contribution in [-0.4, -0.2) is 14.5 Å². The fourth-order valence-corrected chi connectivity index (χ4v) is 4.66. The molecule has 120 valence electrons. The van der Waals surface area contributed by atoms with Crippen LogP contribution in [0.4, 0.5) is 0 Å². The lowest BCUT2D eigenvalue weighted by molar-refractivity contribution is 0.483. The number of unbranched alkanes of at least 4 members (excludes halogenated alkanes) is 1. The fourth-order valence-electron chi connectivity index (χ4n) is 2.23. The number of sulfonamides is 1. The molecule has 1 atom stereocenters. The van der Waals surface area contributed by atoms with Crippen LogP contribution in [-0.2, 0) is 16.6 Å². The zero-order valence-electron chi connectivity index (χ0n) is 12.7. The zero-order chi connectivity index (χ0) is 15.9. The van der Waals surface area contributed by atoms with Crippen molar-refractivity contribution in [2.24, 2.45) is 5.73 Å². The van der Waals surface area contributed by atoms with Gasteiger partial charge in [-0.2, -0.15) is 0 Å². The van der Waals surface area contributed by atoms with Crippen LogP contribution >= 0.6 is 15.9 Å². The van der Waals surface area contributed by atoms with Crippen LogP contribution in [0.2, 0.25) is 0 Å². The van der Waals surface area contributed by atoms with Gasteiger partial charge in [0.15, 0.2) is 0 Å². The van der Waals surface area contributed by atoms with Crippen molar-refractivity contribution in [2.75, 3.05) is 0 Å². The SMILES string of the molecule is CCCCC(CCC)NS(=O)(=O)c1ccc(CN)cc1Br. The Morgan fingerprint density at radius 1 is 1.24 bits per heavy atom. The standard InChI is InChI=1S/C15H25BrN2O2S/c1-3-5-7-13(6-4-2)18-21(19,20)15-9-8-12(11-17)10-14(15)16/h8-10,13,18H,3-7,11,17H2,1-2H3. The van der Waals surface area contributed by atoms with Gasteiger partial charge in [-0.05, 0) is 46.5 Å². The molecule has 0 amide bonds. The molecule has 0 fully saturated rings. The second kappa shape index (κ2) is 8.88. The summed E-state index contributed by atoms with van der Waals surface area (Å²) in [5.41, 5.74) is 6.47. The second-order valence-electron chi connectivity index (χ2n) is 5.22. The minimum absolute atomic E-state index is 0.000958. The van der Waals surface area contributed by atoms with E-state index in [0.29, 0.717) is 11.0 Å². The summed E-state index contributed by atoms with van der Waals surface area (Å²) in [6, 6.07) is 5.12. The molecule has 0 radical (unpaired) electrons. The van der Waals surface area contributed by atoms with Crippen molar-refractivity contribution in [1.29, 1.82) is 0 Å². The van der Waals surface area contributed by atoms with Gasteiger partial charge in [-0.15, -0.1) is 0 Å². The molecular formula is C15H25BrN2O2S. The van der Waals surface area contributed by atoms with Crippen LogP contribution in [0.1, 0.15) is 51.5 Å². The van der Waals surface area contributed by atoms with Gasteiger partial charge in [0.2, 0.25) is 10.0 Å². The molecule has 0 aliphatic heterocycles. The van der Waals surface area contributed by atoms with E-state index in [1.165, 1.54) is 0 Å². The number of hydrogen-bond donors (Lipinski definition) is 2. The van der Waals surface area contributed by atoms with E-state index in [0.717, 1.165) is 37.7 Å². The van der Waals surface area contributed by atoms with Crippen molar-refractivity contribution in [3.8, 4) is 0 Å². The highest BCUT2D eigenvalue weighted by Crippen LogP contribution is 2.24. The van der Waals surface area contributed by atoms with E-state index in [1.54, 1.807) is 18.2 Å². The quantitative estimate of drug-likeness (QED) is 0.691. The first-order chi connectivity index (χ1) is 9.94. The molecule has 0 aliphatic rings. The van der Waals surface area contributed by atoms with E-state index in [1.807, 2.05) is 0 Å². The number of nitrogens with one attached hydrogen (secondary N) is 1. The molecule has 3 N–H and O–H groups in total. The van der Waals surface area contributed by atoms with Crippen LogP contribution in [0.15, 0.2) is 27.6 Å². The maximum Gasteiger partial charge on any atom is 0.241 e. The maximum atomic E-state index is 12.5. The van der Waals surface area contributed by atoms with Gasteiger partial charge in [0, 0.05) is 17.1 Å². The normalized spacial score (nSPS) is 13.3. The van der Waals surface area contributed by atoms with Crippen molar-refractivity contribution in [2.45, 2.75) is 63.4 Å².